The number of hydrogen-bond acceptors (Lipinski definition) is 5. The van der Waals surface area contributed by atoms with Crippen molar-refractivity contribution in [1.82, 2.24) is 10.6 Å². The van der Waals surface area contributed by atoms with Crippen LogP contribution < -0.4 is 10.6 Å². The van der Waals surface area contributed by atoms with Crippen LogP contribution in [0.3, 0.4) is 0 Å². The van der Waals surface area contributed by atoms with E-state index in [0.29, 0.717) is 19.4 Å². The Morgan fingerprint density at radius 1 is 0.660 bits per heavy atom. The standard InChI is InChI=1S/C40H50N2O4Si/c1-39(2,3)47(5,6)46-36(28-32-21-13-8-14-22-32)40(4,41-29-33-23-15-9-16-24-33)38(44)42-35(27-31-19-11-7-12-20-31)37(43)45-30-34-25-17-10-18-26-34/h7-26,35-36,41H,27-30H2,1-6H3,(H,42,44)/t35-,36-,40+/m0/s1. The fourth-order valence-electron chi connectivity index (χ4n) is 5.13. The summed E-state index contributed by atoms with van der Waals surface area (Å²) in [4.78, 5) is 28.5. The van der Waals surface area contributed by atoms with Gasteiger partial charge in [0.1, 0.15) is 18.2 Å². The maximum Gasteiger partial charge on any atom is 0.329 e. The van der Waals surface area contributed by atoms with Crippen LogP contribution in [-0.2, 0) is 44.7 Å². The SMILES string of the molecule is CC(C)(C)[Si](C)(C)O[C@@H](Cc1ccccc1)[C@@](C)(NCc1ccccc1)C(=O)N[C@@H](Cc1ccccc1)C(=O)OCc1ccccc1. The van der Waals surface area contributed by atoms with E-state index in [1.54, 1.807) is 0 Å². The van der Waals surface area contributed by atoms with Gasteiger partial charge in [-0.15, -0.1) is 0 Å². The van der Waals surface area contributed by atoms with Crippen molar-refractivity contribution in [3.63, 3.8) is 0 Å². The fourth-order valence-corrected chi connectivity index (χ4v) is 6.51. The molecule has 4 aromatic carbocycles. The number of hydrogen-bond donors (Lipinski definition) is 2. The molecular formula is C40H50N2O4Si. The van der Waals surface area contributed by atoms with Crippen LogP contribution in [0.4, 0.5) is 0 Å². The number of ether oxygens (including phenoxy) is 1. The summed E-state index contributed by atoms with van der Waals surface area (Å²) in [6, 6.07) is 38.5. The van der Waals surface area contributed by atoms with Crippen LogP contribution in [0.2, 0.25) is 18.1 Å². The molecule has 0 radical (unpaired) electrons. The van der Waals surface area contributed by atoms with Crippen LogP contribution >= 0.6 is 0 Å². The van der Waals surface area contributed by atoms with Crippen LogP contribution in [-0.4, -0.2) is 37.9 Å². The summed E-state index contributed by atoms with van der Waals surface area (Å²) in [6.45, 7) is 13.5. The average molecular weight is 651 g/mol. The van der Waals surface area contributed by atoms with Crippen molar-refractivity contribution in [2.24, 2.45) is 0 Å². The molecule has 248 valence electrons. The molecule has 0 aliphatic heterocycles. The van der Waals surface area contributed by atoms with Gasteiger partial charge in [0, 0.05) is 13.0 Å². The largest absolute Gasteiger partial charge is 0.459 e. The van der Waals surface area contributed by atoms with Gasteiger partial charge in [-0.3, -0.25) is 10.1 Å². The Morgan fingerprint density at radius 3 is 1.60 bits per heavy atom. The Bertz CT molecular complexity index is 1540. The minimum Gasteiger partial charge on any atom is -0.459 e. The van der Waals surface area contributed by atoms with Gasteiger partial charge in [-0.05, 0) is 53.7 Å². The molecule has 3 atom stereocenters. The van der Waals surface area contributed by atoms with Crippen molar-refractivity contribution in [3.8, 4) is 0 Å². The molecule has 0 aliphatic carbocycles. The van der Waals surface area contributed by atoms with Gasteiger partial charge in [0.15, 0.2) is 8.32 Å². The predicted molar refractivity (Wildman–Crippen MR) is 192 cm³/mol. The highest BCUT2D eigenvalue weighted by Crippen LogP contribution is 2.39. The van der Waals surface area contributed by atoms with Gasteiger partial charge in [-0.2, -0.15) is 0 Å². The normalized spacial score (nSPS) is 14.4. The second-order valence-corrected chi connectivity index (χ2v) is 18.7. The van der Waals surface area contributed by atoms with E-state index in [1.165, 1.54) is 0 Å². The molecule has 0 aliphatic rings. The molecular weight excluding hydrogens is 601 g/mol. The fraction of sp³-hybridized carbons (Fsp3) is 0.350. The summed E-state index contributed by atoms with van der Waals surface area (Å²) in [5.74, 6) is -0.799. The van der Waals surface area contributed by atoms with E-state index < -0.39 is 32.0 Å². The van der Waals surface area contributed by atoms with E-state index in [2.05, 4.69) is 56.6 Å². The second kappa shape index (κ2) is 16.2. The summed E-state index contributed by atoms with van der Waals surface area (Å²) in [7, 11) is -2.37. The molecule has 7 heteroatoms. The zero-order valence-corrected chi connectivity index (χ0v) is 29.7. The third-order valence-electron chi connectivity index (χ3n) is 9.22. The smallest absolute Gasteiger partial charge is 0.329 e. The first kappa shape index (κ1) is 35.8. The molecule has 1 amide bonds. The van der Waals surface area contributed by atoms with Crippen molar-refractivity contribution >= 4 is 20.2 Å². The molecule has 0 spiro atoms. The van der Waals surface area contributed by atoms with Gasteiger partial charge in [0.05, 0.1) is 6.10 Å². The zero-order chi connectivity index (χ0) is 33.9. The van der Waals surface area contributed by atoms with Crippen molar-refractivity contribution in [1.29, 1.82) is 0 Å². The van der Waals surface area contributed by atoms with Gasteiger partial charge >= 0.3 is 5.97 Å². The highest BCUT2D eigenvalue weighted by Gasteiger charge is 2.48. The molecule has 0 saturated carbocycles. The topological polar surface area (TPSA) is 76.7 Å². The molecule has 4 aromatic rings. The van der Waals surface area contributed by atoms with Crippen LogP contribution in [0.15, 0.2) is 121 Å². The van der Waals surface area contributed by atoms with Gasteiger partial charge in [-0.1, -0.05) is 142 Å². The van der Waals surface area contributed by atoms with Crippen LogP contribution in [0.5, 0.6) is 0 Å². The van der Waals surface area contributed by atoms with Gasteiger partial charge in [0.25, 0.3) is 0 Å². The predicted octanol–water partition coefficient (Wildman–Crippen LogP) is 7.64. The molecule has 2 N–H and O–H groups in total. The molecule has 47 heavy (non-hydrogen) atoms. The van der Waals surface area contributed by atoms with E-state index in [0.717, 1.165) is 22.3 Å². The lowest BCUT2D eigenvalue weighted by molar-refractivity contribution is -0.150. The van der Waals surface area contributed by atoms with Gasteiger partial charge < -0.3 is 14.5 Å². The molecule has 0 bridgehead atoms. The Morgan fingerprint density at radius 2 is 1.11 bits per heavy atom. The minimum atomic E-state index is -2.37. The Labute approximate surface area is 282 Å². The lowest BCUT2D eigenvalue weighted by Crippen LogP contribution is -2.67. The van der Waals surface area contributed by atoms with Gasteiger partial charge in [0.2, 0.25) is 5.91 Å². The molecule has 6 nitrogen and oxygen atoms in total. The first-order chi connectivity index (χ1) is 22.4. The Kier molecular flexibility index (Phi) is 12.3. The maximum absolute atomic E-state index is 14.8. The molecule has 0 unspecified atom stereocenters. The Balaban J connectivity index is 1.70. The number of benzene rings is 4. The third kappa shape index (κ3) is 10.2. The molecule has 0 heterocycles. The van der Waals surface area contributed by atoms with Crippen molar-refractivity contribution in [3.05, 3.63) is 144 Å². The molecule has 0 saturated heterocycles. The number of esters is 1. The van der Waals surface area contributed by atoms with E-state index in [4.69, 9.17) is 9.16 Å². The molecule has 0 aromatic heterocycles. The number of amides is 1. The van der Waals surface area contributed by atoms with Crippen LogP contribution in [0, 0.1) is 0 Å². The van der Waals surface area contributed by atoms with Crippen molar-refractivity contribution in [2.75, 3.05) is 0 Å². The zero-order valence-electron chi connectivity index (χ0n) is 28.7. The second-order valence-electron chi connectivity index (χ2n) is 13.9. The van der Waals surface area contributed by atoms with Crippen LogP contribution in [0.25, 0.3) is 0 Å². The number of carbonyl (C=O) groups is 2. The lowest BCUT2D eigenvalue weighted by Gasteiger charge is -2.45. The average Bonchev–Trinajstić information content (AvgIpc) is 3.06. The first-order valence-corrected chi connectivity index (χ1v) is 19.3. The monoisotopic (exact) mass is 650 g/mol. The number of rotatable bonds is 15. The molecule has 4 rings (SSSR count). The summed E-state index contributed by atoms with van der Waals surface area (Å²) < 4.78 is 12.9. The summed E-state index contributed by atoms with van der Waals surface area (Å²) in [5.41, 5.74) is 2.70. The van der Waals surface area contributed by atoms with Gasteiger partial charge in [-0.25, -0.2) is 4.79 Å². The third-order valence-corrected chi connectivity index (χ3v) is 13.7. The molecule has 0 fully saturated rings. The van der Waals surface area contributed by atoms with Crippen LogP contribution in [0.1, 0.15) is 49.9 Å². The highest BCUT2D eigenvalue weighted by atomic mass is 28.4. The highest BCUT2D eigenvalue weighted by molar-refractivity contribution is 6.74. The quantitative estimate of drug-likeness (QED) is 0.102. The Hall–Kier alpha value is -4.04. The lowest BCUT2D eigenvalue weighted by atomic mass is 9.88. The number of carbonyl (C=O) groups excluding carboxylic acids is 2. The van der Waals surface area contributed by atoms with E-state index in [9.17, 15) is 9.59 Å². The minimum absolute atomic E-state index is 0.0875. The number of nitrogens with one attached hydrogen (secondary N) is 2. The first-order valence-electron chi connectivity index (χ1n) is 16.4. The van der Waals surface area contributed by atoms with Crippen molar-refractivity contribution < 1.29 is 18.8 Å². The van der Waals surface area contributed by atoms with E-state index >= 15 is 0 Å². The maximum atomic E-state index is 14.8. The van der Waals surface area contributed by atoms with Crippen molar-refractivity contribution in [2.45, 2.75) is 89.5 Å². The van der Waals surface area contributed by atoms with E-state index in [1.807, 2.05) is 116 Å². The summed E-state index contributed by atoms with van der Waals surface area (Å²) in [5, 5.41) is 6.65. The van der Waals surface area contributed by atoms with E-state index in [-0.39, 0.29) is 17.6 Å². The summed E-state index contributed by atoms with van der Waals surface area (Å²) >= 11 is 0. The summed E-state index contributed by atoms with van der Waals surface area (Å²) in [6.07, 6.45) is 0.273.